The number of urea groups is 1. The van der Waals surface area contributed by atoms with Gasteiger partial charge in [-0.05, 0) is 31.0 Å². The number of fused-ring (bicyclic) bond motifs is 1. The lowest BCUT2D eigenvalue weighted by atomic mass is 10.1. The average Bonchev–Trinajstić information content (AvgIpc) is 3.37. The summed E-state index contributed by atoms with van der Waals surface area (Å²) in [5.74, 6) is 2.37. The second-order valence-corrected chi connectivity index (χ2v) is 7.30. The van der Waals surface area contributed by atoms with Gasteiger partial charge in [-0.2, -0.15) is 5.10 Å². The van der Waals surface area contributed by atoms with Crippen molar-refractivity contribution in [2.24, 2.45) is 0 Å². The molecule has 1 aromatic heterocycles. The lowest BCUT2D eigenvalue weighted by molar-refractivity contribution is 0.142. The second kappa shape index (κ2) is 8.10. The molecule has 0 radical (unpaired) electrons. The summed E-state index contributed by atoms with van der Waals surface area (Å²) >= 11 is 0. The Balaban J connectivity index is 1.29. The Morgan fingerprint density at radius 2 is 1.96 bits per heavy atom. The first-order valence-electron chi connectivity index (χ1n) is 9.84. The summed E-state index contributed by atoms with van der Waals surface area (Å²) in [5, 5.41) is 7.33. The Morgan fingerprint density at radius 3 is 2.75 bits per heavy atom. The number of carbonyl (C=O) groups is 1. The maximum Gasteiger partial charge on any atom is 0.323 e. The van der Waals surface area contributed by atoms with Gasteiger partial charge in [-0.15, -0.1) is 0 Å². The molecule has 3 heterocycles. The van der Waals surface area contributed by atoms with Gasteiger partial charge in [-0.25, -0.2) is 9.48 Å². The molecule has 0 aliphatic carbocycles. The Bertz CT molecular complexity index is 829. The van der Waals surface area contributed by atoms with Crippen molar-refractivity contribution < 1.29 is 14.3 Å². The van der Waals surface area contributed by atoms with Gasteiger partial charge in [0.15, 0.2) is 11.5 Å². The molecule has 28 heavy (non-hydrogen) atoms. The number of piperazine rings is 1. The third kappa shape index (κ3) is 3.91. The Labute approximate surface area is 165 Å². The van der Waals surface area contributed by atoms with Gasteiger partial charge in [-0.3, -0.25) is 10.2 Å². The Morgan fingerprint density at radius 1 is 1.18 bits per heavy atom. The SMILES string of the molecule is CC[C@H](C)n1nccc1NC(=O)N1CCN(Cc2ccc3c(c2)OCO3)CC1. The smallest absolute Gasteiger partial charge is 0.323 e. The van der Waals surface area contributed by atoms with Crippen LogP contribution in [0.5, 0.6) is 11.5 Å². The summed E-state index contributed by atoms with van der Waals surface area (Å²) in [6, 6.07) is 8.11. The summed E-state index contributed by atoms with van der Waals surface area (Å²) in [6.07, 6.45) is 2.69. The van der Waals surface area contributed by atoms with Crippen LogP contribution in [0.15, 0.2) is 30.5 Å². The van der Waals surface area contributed by atoms with Crippen LogP contribution in [-0.2, 0) is 6.54 Å². The summed E-state index contributed by atoms with van der Waals surface area (Å²) < 4.78 is 12.7. The number of amides is 2. The van der Waals surface area contributed by atoms with Gasteiger partial charge in [0.25, 0.3) is 0 Å². The van der Waals surface area contributed by atoms with Crippen LogP contribution in [0.25, 0.3) is 0 Å². The number of nitrogens with one attached hydrogen (secondary N) is 1. The largest absolute Gasteiger partial charge is 0.454 e. The fraction of sp³-hybridized carbons (Fsp3) is 0.500. The van der Waals surface area contributed by atoms with E-state index in [0.29, 0.717) is 19.9 Å². The molecule has 8 nitrogen and oxygen atoms in total. The maximum atomic E-state index is 12.6. The summed E-state index contributed by atoms with van der Waals surface area (Å²) in [7, 11) is 0. The lowest BCUT2D eigenvalue weighted by Crippen LogP contribution is -2.49. The quantitative estimate of drug-likeness (QED) is 0.857. The number of nitrogens with zero attached hydrogens (tertiary/aromatic N) is 4. The predicted octanol–water partition coefficient (Wildman–Crippen LogP) is 2.93. The molecule has 0 unspecified atom stereocenters. The van der Waals surface area contributed by atoms with Crippen LogP contribution in [0.1, 0.15) is 31.9 Å². The molecular formula is C20H27N5O3. The topological polar surface area (TPSA) is 71.9 Å². The third-order valence-corrected chi connectivity index (χ3v) is 5.42. The number of rotatable bonds is 5. The molecule has 2 aliphatic heterocycles. The number of anilines is 1. The molecule has 8 heteroatoms. The highest BCUT2D eigenvalue weighted by Crippen LogP contribution is 2.32. The summed E-state index contributed by atoms with van der Waals surface area (Å²) in [4.78, 5) is 16.9. The molecule has 1 fully saturated rings. The molecule has 0 bridgehead atoms. The number of carbonyl (C=O) groups excluding carboxylic acids is 1. The van der Waals surface area contributed by atoms with E-state index in [1.54, 1.807) is 6.20 Å². The second-order valence-electron chi connectivity index (χ2n) is 7.30. The normalized spacial score (nSPS) is 17.6. The zero-order valence-electron chi connectivity index (χ0n) is 16.4. The molecule has 1 saturated heterocycles. The zero-order valence-corrected chi connectivity index (χ0v) is 16.4. The number of ether oxygens (including phenoxy) is 2. The minimum atomic E-state index is -0.0622. The van der Waals surface area contributed by atoms with E-state index < -0.39 is 0 Å². The van der Waals surface area contributed by atoms with Crippen LogP contribution in [0, 0.1) is 0 Å². The first-order chi connectivity index (χ1) is 13.6. The van der Waals surface area contributed by atoms with Crippen LogP contribution < -0.4 is 14.8 Å². The highest BCUT2D eigenvalue weighted by atomic mass is 16.7. The maximum absolute atomic E-state index is 12.6. The van der Waals surface area contributed by atoms with Crippen molar-refractivity contribution in [3.05, 3.63) is 36.0 Å². The molecule has 0 saturated carbocycles. The van der Waals surface area contributed by atoms with Gasteiger partial charge in [0, 0.05) is 38.8 Å². The molecule has 1 atom stereocenters. The van der Waals surface area contributed by atoms with E-state index in [2.05, 4.69) is 35.2 Å². The monoisotopic (exact) mass is 385 g/mol. The molecule has 1 aromatic carbocycles. The highest BCUT2D eigenvalue weighted by Gasteiger charge is 2.23. The summed E-state index contributed by atoms with van der Waals surface area (Å²) in [5.41, 5.74) is 1.19. The molecule has 2 aliphatic rings. The van der Waals surface area contributed by atoms with E-state index in [0.717, 1.165) is 43.4 Å². The van der Waals surface area contributed by atoms with Crippen molar-refractivity contribution in [3.8, 4) is 11.5 Å². The summed E-state index contributed by atoms with van der Waals surface area (Å²) in [6.45, 7) is 8.42. The first kappa shape index (κ1) is 18.6. The molecule has 1 N–H and O–H groups in total. The molecule has 4 rings (SSSR count). The number of hydrogen-bond acceptors (Lipinski definition) is 5. The van der Waals surface area contributed by atoms with E-state index >= 15 is 0 Å². The van der Waals surface area contributed by atoms with Gasteiger partial charge in [0.2, 0.25) is 6.79 Å². The minimum Gasteiger partial charge on any atom is -0.454 e. The van der Waals surface area contributed by atoms with E-state index in [-0.39, 0.29) is 12.1 Å². The fourth-order valence-electron chi connectivity index (χ4n) is 3.53. The molecule has 2 amide bonds. The van der Waals surface area contributed by atoms with E-state index in [1.807, 2.05) is 27.8 Å². The number of hydrogen-bond donors (Lipinski definition) is 1. The highest BCUT2D eigenvalue weighted by molar-refractivity contribution is 5.88. The van der Waals surface area contributed by atoms with Crippen molar-refractivity contribution in [2.75, 3.05) is 38.3 Å². The number of aromatic nitrogens is 2. The van der Waals surface area contributed by atoms with Gasteiger partial charge in [-0.1, -0.05) is 13.0 Å². The van der Waals surface area contributed by atoms with Gasteiger partial charge in [0.1, 0.15) is 5.82 Å². The van der Waals surface area contributed by atoms with Crippen LogP contribution in [-0.4, -0.2) is 58.6 Å². The van der Waals surface area contributed by atoms with E-state index in [1.165, 1.54) is 5.56 Å². The molecule has 2 aromatic rings. The lowest BCUT2D eigenvalue weighted by Gasteiger charge is -2.34. The van der Waals surface area contributed by atoms with Crippen LogP contribution >= 0.6 is 0 Å². The van der Waals surface area contributed by atoms with Crippen molar-refractivity contribution in [1.29, 1.82) is 0 Å². The standard InChI is InChI=1S/C20H27N5O3/c1-3-15(2)25-19(6-7-21-25)22-20(26)24-10-8-23(9-11-24)13-16-4-5-17-18(12-16)28-14-27-17/h4-7,12,15H,3,8-11,13-14H2,1-2H3,(H,22,26)/t15-/m0/s1. The van der Waals surface area contributed by atoms with Crippen LogP contribution in [0.2, 0.25) is 0 Å². The third-order valence-electron chi connectivity index (χ3n) is 5.42. The Hall–Kier alpha value is -2.74. The molecule has 0 spiro atoms. The van der Waals surface area contributed by atoms with E-state index in [4.69, 9.17) is 9.47 Å². The van der Waals surface area contributed by atoms with Crippen LogP contribution in [0.3, 0.4) is 0 Å². The van der Waals surface area contributed by atoms with Crippen molar-refractivity contribution in [1.82, 2.24) is 19.6 Å². The van der Waals surface area contributed by atoms with Crippen molar-refractivity contribution >= 4 is 11.8 Å². The minimum absolute atomic E-state index is 0.0622. The van der Waals surface area contributed by atoms with Gasteiger partial charge < -0.3 is 14.4 Å². The number of benzene rings is 1. The molecular weight excluding hydrogens is 358 g/mol. The van der Waals surface area contributed by atoms with Crippen LogP contribution in [0.4, 0.5) is 10.6 Å². The average molecular weight is 385 g/mol. The van der Waals surface area contributed by atoms with Crippen molar-refractivity contribution in [2.45, 2.75) is 32.9 Å². The van der Waals surface area contributed by atoms with Crippen molar-refractivity contribution in [3.63, 3.8) is 0 Å². The fourth-order valence-corrected chi connectivity index (χ4v) is 3.53. The van der Waals surface area contributed by atoms with E-state index in [9.17, 15) is 4.79 Å². The Kier molecular flexibility index (Phi) is 5.38. The van der Waals surface area contributed by atoms with Gasteiger partial charge in [0.05, 0.1) is 12.2 Å². The van der Waals surface area contributed by atoms with Gasteiger partial charge >= 0.3 is 6.03 Å². The first-order valence-corrected chi connectivity index (χ1v) is 9.84. The molecule has 150 valence electrons. The predicted molar refractivity (Wildman–Crippen MR) is 106 cm³/mol. The zero-order chi connectivity index (χ0) is 19.5.